The molecule has 94 valence electrons. The lowest BCUT2D eigenvalue weighted by Crippen LogP contribution is -1.96. The molecular weight excluding hydrogens is 204 g/mol. The zero-order valence-corrected chi connectivity index (χ0v) is 9.64. The van der Waals surface area contributed by atoms with Gasteiger partial charge in [0.05, 0.1) is 0 Å². The van der Waals surface area contributed by atoms with Crippen molar-refractivity contribution in [2.75, 3.05) is 0 Å². The summed E-state index contributed by atoms with van der Waals surface area (Å²) in [6.45, 7) is 12.6. The van der Waals surface area contributed by atoms with Crippen LogP contribution in [0.1, 0.15) is 63.3 Å². The summed E-state index contributed by atoms with van der Waals surface area (Å²) in [6, 6.07) is 4.51. The highest BCUT2D eigenvalue weighted by Gasteiger charge is 2.19. The number of hydrogen-bond acceptors (Lipinski definition) is 0. The van der Waals surface area contributed by atoms with E-state index < -0.39 is 0 Å². The Balaban J connectivity index is 0.00000128. The first-order chi connectivity index (χ1) is 7.15. The second kappa shape index (κ2) is 5.86. The highest BCUT2D eigenvalue weighted by molar-refractivity contribution is 5.80. The van der Waals surface area contributed by atoms with Crippen LogP contribution in [0.15, 0.2) is 25.3 Å². The Kier molecular flexibility index (Phi) is 5.41. The third kappa shape index (κ3) is 2.52. The molecule has 0 aromatic heterocycles. The lowest BCUT2D eigenvalue weighted by Gasteiger charge is -2.14. The number of benzene rings is 1. The van der Waals surface area contributed by atoms with Crippen LogP contribution in [0.4, 0.5) is 0 Å². The first kappa shape index (κ1) is 15.7. The van der Waals surface area contributed by atoms with Crippen molar-refractivity contribution in [1.29, 1.82) is 0 Å². The normalized spacial score (nSPS) is 12.8. The molecule has 0 aliphatic heterocycles. The van der Waals surface area contributed by atoms with Crippen LogP contribution in [0.25, 0.3) is 11.6 Å². The number of fused-ring (bicyclic) bond motifs is 1. The van der Waals surface area contributed by atoms with E-state index in [4.69, 9.17) is 0 Å². The summed E-state index contributed by atoms with van der Waals surface area (Å²) in [6.07, 6.45) is 4.25. The van der Waals surface area contributed by atoms with E-state index in [9.17, 15) is 0 Å². The van der Waals surface area contributed by atoms with Gasteiger partial charge < -0.3 is 0 Å². The van der Waals surface area contributed by atoms with Crippen LogP contribution in [0.5, 0.6) is 0 Å². The molecule has 1 aromatic carbocycles. The number of allylic oxidation sites excluding steroid dienone is 1. The summed E-state index contributed by atoms with van der Waals surface area (Å²) in [4.78, 5) is 0. The van der Waals surface area contributed by atoms with Crippen LogP contribution in [0.3, 0.4) is 0 Å². The summed E-state index contributed by atoms with van der Waals surface area (Å²) in [5.41, 5.74) is 6.80. The molecule has 1 aromatic rings. The van der Waals surface area contributed by atoms with Gasteiger partial charge in [0.1, 0.15) is 0 Å². The fourth-order valence-corrected chi connectivity index (χ4v) is 2.44. The van der Waals surface area contributed by atoms with Crippen molar-refractivity contribution in [3.8, 4) is 0 Å². The average Bonchev–Trinajstić information content (AvgIpc) is 2.59. The lowest BCUT2D eigenvalue weighted by atomic mass is 9.90. The van der Waals surface area contributed by atoms with E-state index in [2.05, 4.69) is 39.1 Å². The maximum atomic E-state index is 4.16. The van der Waals surface area contributed by atoms with Gasteiger partial charge in [-0.05, 0) is 46.6 Å². The molecule has 0 saturated carbocycles. The summed E-state index contributed by atoms with van der Waals surface area (Å²) in [7, 11) is 0. The Morgan fingerprint density at radius 2 is 1.82 bits per heavy atom. The smallest absolute Gasteiger partial charge is 0.0123 e. The molecule has 0 atom stereocenters. The minimum atomic E-state index is 0. The van der Waals surface area contributed by atoms with Crippen molar-refractivity contribution in [2.24, 2.45) is 0 Å². The molecule has 0 N–H and O–H groups in total. The number of aryl methyl sites for hydroxylation is 1. The Bertz CT molecular complexity index is 422. The first-order valence-corrected chi connectivity index (χ1v) is 5.61. The van der Waals surface area contributed by atoms with Crippen molar-refractivity contribution in [3.63, 3.8) is 0 Å². The Morgan fingerprint density at radius 1 is 1.18 bits per heavy atom. The zero-order valence-electron chi connectivity index (χ0n) is 9.64. The van der Waals surface area contributed by atoms with Gasteiger partial charge in [-0.3, -0.25) is 0 Å². The summed E-state index contributed by atoms with van der Waals surface area (Å²) in [5.74, 6) is 0.552. The third-order valence-corrected chi connectivity index (χ3v) is 3.24. The molecule has 0 amide bonds. The highest BCUT2D eigenvalue weighted by Crippen LogP contribution is 2.37. The Morgan fingerprint density at radius 3 is 2.35 bits per heavy atom. The lowest BCUT2D eigenvalue weighted by molar-refractivity contribution is 0.862. The van der Waals surface area contributed by atoms with Crippen molar-refractivity contribution >= 4 is 11.6 Å². The van der Waals surface area contributed by atoms with Gasteiger partial charge in [0.15, 0.2) is 0 Å². The maximum Gasteiger partial charge on any atom is -0.0123 e. The van der Waals surface area contributed by atoms with Crippen LogP contribution >= 0.6 is 0 Å². The predicted octanol–water partition coefficient (Wildman–Crippen LogP) is 5.68. The van der Waals surface area contributed by atoms with Gasteiger partial charge >= 0.3 is 0 Å². The molecule has 0 spiro atoms. The predicted molar refractivity (Wildman–Crippen MR) is 81.4 cm³/mol. The molecule has 0 unspecified atom stereocenters. The third-order valence-electron chi connectivity index (χ3n) is 3.24. The Hall–Kier alpha value is -1.30. The van der Waals surface area contributed by atoms with E-state index in [0.29, 0.717) is 5.92 Å². The minimum Gasteiger partial charge on any atom is -0.0984 e. The van der Waals surface area contributed by atoms with Crippen molar-refractivity contribution in [2.45, 2.75) is 47.5 Å². The van der Waals surface area contributed by atoms with E-state index in [1.807, 2.05) is 6.08 Å². The van der Waals surface area contributed by atoms with E-state index in [1.165, 1.54) is 27.8 Å². The standard InChI is InChI=1S/C15H18.2CH4/c1-5-13-14(10(2)3)9-8-12-7-6-11(4)15(12)13;;/h5,8-10H,1,4,6-7H2,2-3H3;2*1H4. The number of hydrogen-bond donors (Lipinski definition) is 0. The second-order valence-corrected chi connectivity index (χ2v) is 4.56. The molecule has 0 heterocycles. The van der Waals surface area contributed by atoms with E-state index >= 15 is 0 Å². The van der Waals surface area contributed by atoms with Crippen molar-refractivity contribution in [3.05, 3.63) is 47.5 Å². The fourth-order valence-electron chi connectivity index (χ4n) is 2.44. The van der Waals surface area contributed by atoms with Crippen LogP contribution in [-0.2, 0) is 6.42 Å². The summed E-state index contributed by atoms with van der Waals surface area (Å²) in [5, 5.41) is 0. The SMILES string of the molecule is C.C.C=Cc1c(C(C)C)ccc2c1C(=C)CC2. The first-order valence-electron chi connectivity index (χ1n) is 5.61. The van der Waals surface area contributed by atoms with Crippen LogP contribution < -0.4 is 0 Å². The average molecular weight is 230 g/mol. The van der Waals surface area contributed by atoms with E-state index in [-0.39, 0.29) is 14.9 Å². The van der Waals surface area contributed by atoms with Gasteiger partial charge in [-0.1, -0.05) is 60.1 Å². The molecule has 0 fully saturated rings. The van der Waals surface area contributed by atoms with E-state index in [0.717, 1.165) is 12.8 Å². The van der Waals surface area contributed by atoms with Crippen LogP contribution in [0, 0.1) is 0 Å². The van der Waals surface area contributed by atoms with Gasteiger partial charge in [-0.2, -0.15) is 0 Å². The molecule has 0 saturated heterocycles. The maximum absolute atomic E-state index is 4.16. The van der Waals surface area contributed by atoms with Crippen LogP contribution in [-0.4, -0.2) is 0 Å². The largest absolute Gasteiger partial charge is 0.0984 e. The molecule has 0 heteroatoms. The molecular formula is C17H26. The van der Waals surface area contributed by atoms with Gasteiger partial charge in [0, 0.05) is 0 Å². The topological polar surface area (TPSA) is 0 Å². The molecule has 2 rings (SSSR count). The monoisotopic (exact) mass is 230 g/mol. The molecule has 17 heavy (non-hydrogen) atoms. The zero-order chi connectivity index (χ0) is 11.0. The van der Waals surface area contributed by atoms with Gasteiger partial charge in [0.25, 0.3) is 0 Å². The van der Waals surface area contributed by atoms with Gasteiger partial charge in [0.2, 0.25) is 0 Å². The minimum absolute atomic E-state index is 0. The number of rotatable bonds is 2. The molecule has 0 nitrogen and oxygen atoms in total. The summed E-state index contributed by atoms with van der Waals surface area (Å²) >= 11 is 0. The quantitative estimate of drug-likeness (QED) is 0.612. The molecule has 0 radical (unpaired) electrons. The van der Waals surface area contributed by atoms with Gasteiger partial charge in [-0.25, -0.2) is 0 Å². The highest BCUT2D eigenvalue weighted by atomic mass is 14.2. The Labute approximate surface area is 107 Å². The van der Waals surface area contributed by atoms with Gasteiger partial charge in [-0.15, -0.1) is 0 Å². The molecule has 0 bridgehead atoms. The molecule has 1 aliphatic carbocycles. The van der Waals surface area contributed by atoms with Crippen molar-refractivity contribution in [1.82, 2.24) is 0 Å². The van der Waals surface area contributed by atoms with Crippen LogP contribution in [0.2, 0.25) is 0 Å². The molecule has 1 aliphatic rings. The second-order valence-electron chi connectivity index (χ2n) is 4.56. The summed E-state index contributed by atoms with van der Waals surface area (Å²) < 4.78 is 0. The van der Waals surface area contributed by atoms with Crippen molar-refractivity contribution < 1.29 is 0 Å². The van der Waals surface area contributed by atoms with E-state index in [1.54, 1.807) is 0 Å². The fraction of sp³-hybridized carbons (Fsp3) is 0.412.